The van der Waals surface area contributed by atoms with Crippen molar-refractivity contribution in [3.05, 3.63) is 0 Å². The summed E-state index contributed by atoms with van der Waals surface area (Å²) in [7, 11) is 0. The fourth-order valence-corrected chi connectivity index (χ4v) is 1.87. The van der Waals surface area contributed by atoms with E-state index in [4.69, 9.17) is 67.5 Å². The number of hydrogen-bond acceptors (Lipinski definition) is 12. The predicted octanol–water partition coefficient (Wildman–Crippen LogP) is -1.25. The smallest absolute Gasteiger partial charge is 0.320 e. The maximum absolute atomic E-state index is 10.1. The van der Waals surface area contributed by atoms with Crippen LogP contribution in [0.15, 0.2) is 0 Å². The summed E-state index contributed by atoms with van der Waals surface area (Å²) in [6.45, 7) is 7.24. The summed E-state index contributed by atoms with van der Waals surface area (Å²) >= 11 is 0. The molecule has 0 amide bonds. The Morgan fingerprint density at radius 3 is 1.11 bits per heavy atom. The first-order valence-corrected chi connectivity index (χ1v) is 13.1. The van der Waals surface area contributed by atoms with E-state index in [9.17, 15) is 9.59 Å². The lowest BCUT2D eigenvalue weighted by atomic mass is 10.1. The lowest BCUT2D eigenvalue weighted by Crippen LogP contribution is -2.30. The first-order valence-electron chi connectivity index (χ1n) is 13.1. The van der Waals surface area contributed by atoms with Gasteiger partial charge < -0.3 is 67.5 Å². The maximum atomic E-state index is 10.1. The summed E-state index contributed by atoms with van der Waals surface area (Å²) in [6, 6.07) is -1.46. The molecule has 0 aliphatic carbocycles. The van der Waals surface area contributed by atoms with Gasteiger partial charge in [-0.2, -0.15) is 0 Å². The number of hydrogen-bond donors (Lipinski definition) is 12. The molecule has 0 aromatic carbocycles. The molecule has 0 fully saturated rings. The Bertz CT molecular complexity index is 459. The Labute approximate surface area is 224 Å². The highest BCUT2D eigenvalue weighted by Crippen LogP contribution is 1.97. The fourth-order valence-electron chi connectivity index (χ4n) is 1.87. The van der Waals surface area contributed by atoms with Crippen LogP contribution in [0, 0.1) is 0 Å². The molecule has 22 N–H and O–H groups in total. The number of unbranched alkanes of at least 4 members (excludes halogenated alkanes) is 2. The molecule has 0 aliphatic rings. The number of nitrogens with two attached hydrogens (primary N) is 10. The molecular weight excluding hydrogens is 480 g/mol. The van der Waals surface area contributed by atoms with Crippen LogP contribution in [0.25, 0.3) is 0 Å². The summed E-state index contributed by atoms with van der Waals surface area (Å²) in [4.78, 5) is 20.2. The lowest BCUT2D eigenvalue weighted by Gasteiger charge is -2.03. The van der Waals surface area contributed by atoms with Gasteiger partial charge in [-0.3, -0.25) is 9.59 Å². The monoisotopic (exact) mass is 542 g/mol. The normalized spacial score (nSPS) is 11.6. The van der Waals surface area contributed by atoms with E-state index in [1.807, 2.05) is 6.92 Å². The van der Waals surface area contributed by atoms with Crippen LogP contribution in [0.4, 0.5) is 0 Å². The van der Waals surface area contributed by atoms with E-state index >= 15 is 0 Å². The molecule has 0 unspecified atom stereocenters. The standard InChI is InChI=1S/C6H14N2O2.C5H12N2O2.C5H14N2.C4H12N2.C3H10N2/c7-4-2-1-3-5(8)6(9)10;6-3-1-2-4(7)5(8)9;1-2-3-4-5(6)7;1-2-3-4(5)6;1-2-3(4)5/h5H,1-4,7-8H2,(H,9,10);4H,1-3,6-7H2,(H,8,9);5H,2-4,6-7H2,1H3;4H,2-3,5-6H2,1H3;3H,2,4-5H2,1H3/t5-;4-;;;/m00.../s1. The van der Waals surface area contributed by atoms with Crippen molar-refractivity contribution in [2.24, 2.45) is 57.3 Å². The van der Waals surface area contributed by atoms with Crippen molar-refractivity contribution in [2.75, 3.05) is 13.1 Å². The second-order valence-corrected chi connectivity index (χ2v) is 8.44. The molecule has 0 saturated heterocycles. The number of carboxylic acids is 2. The third-order valence-electron chi connectivity index (χ3n) is 4.31. The SMILES string of the molecule is CCC(N)N.CCCC(N)N.CCCCC(N)N.NCCCC[C@H](N)C(=O)O.NCCC[C@H](N)C(=O)O. The van der Waals surface area contributed by atoms with Gasteiger partial charge in [0.25, 0.3) is 0 Å². The molecule has 228 valence electrons. The second kappa shape index (κ2) is 36.7. The maximum Gasteiger partial charge on any atom is 0.320 e. The minimum absolute atomic E-state index is 0.0973. The number of carbonyl (C=O) groups is 2. The van der Waals surface area contributed by atoms with Crippen molar-refractivity contribution >= 4 is 11.9 Å². The van der Waals surface area contributed by atoms with Crippen LogP contribution >= 0.6 is 0 Å². The van der Waals surface area contributed by atoms with E-state index in [0.717, 1.165) is 44.9 Å². The van der Waals surface area contributed by atoms with Gasteiger partial charge in [-0.15, -0.1) is 0 Å². The van der Waals surface area contributed by atoms with Crippen LogP contribution in [0.1, 0.15) is 91.4 Å². The van der Waals surface area contributed by atoms with E-state index in [1.54, 1.807) is 0 Å². The van der Waals surface area contributed by atoms with Crippen LogP contribution in [-0.2, 0) is 9.59 Å². The van der Waals surface area contributed by atoms with Gasteiger partial charge in [0.1, 0.15) is 12.1 Å². The van der Waals surface area contributed by atoms with Crippen LogP contribution in [-0.4, -0.2) is 65.8 Å². The van der Waals surface area contributed by atoms with Gasteiger partial charge in [0.15, 0.2) is 0 Å². The van der Waals surface area contributed by atoms with E-state index in [0.29, 0.717) is 32.4 Å². The van der Waals surface area contributed by atoms with Gasteiger partial charge in [0.2, 0.25) is 0 Å². The number of aliphatic carboxylic acids is 2. The van der Waals surface area contributed by atoms with E-state index in [2.05, 4.69) is 13.8 Å². The van der Waals surface area contributed by atoms with Crippen molar-refractivity contribution in [1.82, 2.24) is 0 Å². The zero-order chi connectivity index (χ0) is 30.2. The summed E-state index contributed by atoms with van der Waals surface area (Å²) in [5.41, 5.74) is 51.7. The second-order valence-electron chi connectivity index (χ2n) is 8.44. The highest BCUT2D eigenvalue weighted by Gasteiger charge is 2.09. The molecule has 0 radical (unpaired) electrons. The molecule has 0 spiro atoms. The first-order chi connectivity index (χ1) is 17.2. The molecule has 0 bridgehead atoms. The molecule has 14 nitrogen and oxygen atoms in total. The Morgan fingerprint density at radius 1 is 0.541 bits per heavy atom. The summed E-state index contributed by atoms with van der Waals surface area (Å²) < 4.78 is 0. The van der Waals surface area contributed by atoms with Crippen molar-refractivity contribution in [2.45, 2.75) is 122 Å². The zero-order valence-corrected chi connectivity index (χ0v) is 23.6. The van der Waals surface area contributed by atoms with Gasteiger partial charge in [-0.1, -0.05) is 46.5 Å². The third kappa shape index (κ3) is 60.7. The molecule has 0 saturated carbocycles. The highest BCUT2D eigenvalue weighted by atomic mass is 16.4. The van der Waals surface area contributed by atoms with Crippen LogP contribution in [0.2, 0.25) is 0 Å². The average molecular weight is 543 g/mol. The zero-order valence-electron chi connectivity index (χ0n) is 23.6. The lowest BCUT2D eigenvalue weighted by molar-refractivity contribution is -0.139. The van der Waals surface area contributed by atoms with Gasteiger partial charge >= 0.3 is 11.9 Å². The number of carboxylic acid groups (broad SMARTS) is 2. The topological polar surface area (TPSA) is 335 Å². The molecule has 37 heavy (non-hydrogen) atoms. The van der Waals surface area contributed by atoms with Crippen molar-refractivity contribution in [3.63, 3.8) is 0 Å². The molecule has 0 rings (SSSR count). The number of rotatable bonds is 15. The van der Waals surface area contributed by atoms with Gasteiger partial charge in [-0.05, 0) is 58.0 Å². The van der Waals surface area contributed by atoms with Crippen molar-refractivity contribution in [3.8, 4) is 0 Å². The van der Waals surface area contributed by atoms with E-state index < -0.39 is 24.0 Å². The Balaban J connectivity index is -0.000000118. The average Bonchev–Trinajstić information content (AvgIpc) is 2.82. The fraction of sp³-hybridized carbons (Fsp3) is 0.913. The molecule has 0 aliphatic heterocycles. The van der Waals surface area contributed by atoms with E-state index in [1.165, 1.54) is 6.42 Å². The molecule has 0 aromatic rings. The molecule has 0 aromatic heterocycles. The minimum Gasteiger partial charge on any atom is -0.480 e. The van der Waals surface area contributed by atoms with Crippen molar-refractivity contribution in [1.29, 1.82) is 0 Å². The Hall–Kier alpha value is -1.46. The van der Waals surface area contributed by atoms with Gasteiger partial charge in [0, 0.05) is 0 Å². The summed E-state index contributed by atoms with van der Waals surface area (Å²) in [6.07, 6.45) is 9.15. The Kier molecular flexibility index (Phi) is 45.1. The molecule has 2 atom stereocenters. The van der Waals surface area contributed by atoms with E-state index in [-0.39, 0.29) is 18.5 Å². The highest BCUT2D eigenvalue weighted by molar-refractivity contribution is 5.73. The third-order valence-corrected chi connectivity index (χ3v) is 4.31. The van der Waals surface area contributed by atoms with Crippen LogP contribution < -0.4 is 57.3 Å². The van der Waals surface area contributed by atoms with Gasteiger partial charge in [0.05, 0.1) is 18.5 Å². The van der Waals surface area contributed by atoms with Crippen LogP contribution in [0.3, 0.4) is 0 Å². The Morgan fingerprint density at radius 2 is 0.919 bits per heavy atom. The first kappa shape index (κ1) is 45.5. The summed E-state index contributed by atoms with van der Waals surface area (Å²) in [5, 5.41) is 16.6. The summed E-state index contributed by atoms with van der Waals surface area (Å²) in [5.74, 6) is -1.89. The largest absolute Gasteiger partial charge is 0.480 e. The molecular formula is C23H62N10O4. The van der Waals surface area contributed by atoms with Crippen LogP contribution in [0.5, 0.6) is 0 Å². The quantitative estimate of drug-likeness (QED) is 0.0849. The van der Waals surface area contributed by atoms with Crippen molar-refractivity contribution < 1.29 is 19.8 Å². The predicted molar refractivity (Wildman–Crippen MR) is 154 cm³/mol. The minimum atomic E-state index is -0.955. The molecule has 0 heterocycles. The molecule has 14 heteroatoms. The van der Waals surface area contributed by atoms with Gasteiger partial charge in [-0.25, -0.2) is 0 Å².